The molecule has 1 unspecified atom stereocenters. The Morgan fingerprint density at radius 1 is 1.56 bits per heavy atom. The van der Waals surface area contributed by atoms with Crippen molar-refractivity contribution in [2.45, 2.75) is 26.3 Å². The van der Waals surface area contributed by atoms with Crippen LogP contribution >= 0.6 is 0 Å². The Hall–Kier alpha value is -1.91. The molecule has 96 valence electrons. The molecule has 0 saturated carbocycles. The van der Waals surface area contributed by atoms with E-state index < -0.39 is 11.9 Å². The summed E-state index contributed by atoms with van der Waals surface area (Å²) in [6, 6.07) is 5.63. The number of aryl methyl sites for hydroxylation is 1. The van der Waals surface area contributed by atoms with Crippen molar-refractivity contribution in [3.05, 3.63) is 29.6 Å². The average Bonchev–Trinajstić information content (AvgIpc) is 2.31. The molecular weight excluding hydrogens is 232 g/mol. The van der Waals surface area contributed by atoms with Crippen LogP contribution in [-0.4, -0.2) is 33.4 Å². The van der Waals surface area contributed by atoms with Crippen molar-refractivity contribution in [3.63, 3.8) is 0 Å². The molecule has 2 heterocycles. The van der Waals surface area contributed by atoms with Crippen molar-refractivity contribution in [2.75, 3.05) is 6.54 Å². The molecule has 1 aliphatic heterocycles. The summed E-state index contributed by atoms with van der Waals surface area (Å²) in [6.07, 6.45) is 0.745. The molecule has 5 heteroatoms. The third kappa shape index (κ3) is 2.85. The lowest BCUT2D eigenvalue weighted by molar-refractivity contribution is -0.147. The number of carbonyl (C=O) groups is 2. The summed E-state index contributed by atoms with van der Waals surface area (Å²) in [7, 11) is 0. The zero-order valence-corrected chi connectivity index (χ0v) is 10.3. The largest absolute Gasteiger partial charge is 0.481 e. The van der Waals surface area contributed by atoms with Crippen LogP contribution in [0.1, 0.15) is 24.2 Å². The third-order valence-corrected chi connectivity index (χ3v) is 3.15. The highest BCUT2D eigenvalue weighted by Crippen LogP contribution is 2.19. The fourth-order valence-electron chi connectivity index (χ4n) is 2.15. The number of amides is 1. The second kappa shape index (κ2) is 5.16. The van der Waals surface area contributed by atoms with Crippen molar-refractivity contribution in [1.29, 1.82) is 0 Å². The standard InChI is InChI=1S/C13H16N2O3/c1-9-3-2-4-11(14-9)8-15-7-10(13(17)18)5-6-12(15)16/h2-4,10H,5-8H2,1H3,(H,17,18). The fourth-order valence-corrected chi connectivity index (χ4v) is 2.15. The van der Waals surface area contributed by atoms with Crippen LogP contribution in [0.15, 0.2) is 18.2 Å². The molecule has 1 atom stereocenters. The molecule has 1 aromatic heterocycles. The number of nitrogens with zero attached hydrogens (tertiary/aromatic N) is 2. The van der Waals surface area contributed by atoms with E-state index in [9.17, 15) is 9.59 Å². The van der Waals surface area contributed by atoms with E-state index in [0.29, 0.717) is 19.4 Å². The zero-order chi connectivity index (χ0) is 13.1. The van der Waals surface area contributed by atoms with E-state index in [0.717, 1.165) is 11.4 Å². The van der Waals surface area contributed by atoms with Crippen LogP contribution in [0.5, 0.6) is 0 Å². The highest BCUT2D eigenvalue weighted by atomic mass is 16.4. The van der Waals surface area contributed by atoms with E-state index >= 15 is 0 Å². The summed E-state index contributed by atoms with van der Waals surface area (Å²) < 4.78 is 0. The Kier molecular flexibility index (Phi) is 3.60. The summed E-state index contributed by atoms with van der Waals surface area (Å²) in [5.41, 5.74) is 1.70. The highest BCUT2D eigenvalue weighted by Gasteiger charge is 2.30. The molecule has 0 aliphatic carbocycles. The first-order chi connectivity index (χ1) is 8.56. The van der Waals surface area contributed by atoms with Gasteiger partial charge in [0.05, 0.1) is 18.2 Å². The Bertz CT molecular complexity index is 473. The van der Waals surface area contributed by atoms with Gasteiger partial charge in [-0.25, -0.2) is 0 Å². The fraction of sp³-hybridized carbons (Fsp3) is 0.462. The number of pyridine rings is 1. The van der Waals surface area contributed by atoms with Gasteiger partial charge in [-0.3, -0.25) is 14.6 Å². The minimum absolute atomic E-state index is 0.0100. The minimum Gasteiger partial charge on any atom is -0.481 e. The lowest BCUT2D eigenvalue weighted by Gasteiger charge is -2.30. The van der Waals surface area contributed by atoms with Gasteiger partial charge in [0.1, 0.15) is 0 Å². The minimum atomic E-state index is -0.829. The van der Waals surface area contributed by atoms with Gasteiger partial charge in [0.25, 0.3) is 0 Å². The number of likely N-dealkylation sites (tertiary alicyclic amines) is 1. The summed E-state index contributed by atoms with van der Waals surface area (Å²) in [5, 5.41) is 9.00. The van der Waals surface area contributed by atoms with Crippen LogP contribution in [0, 0.1) is 12.8 Å². The smallest absolute Gasteiger partial charge is 0.308 e. The molecule has 0 bridgehead atoms. The van der Waals surface area contributed by atoms with Crippen LogP contribution in [0.3, 0.4) is 0 Å². The van der Waals surface area contributed by atoms with Crippen molar-refractivity contribution in [3.8, 4) is 0 Å². The lowest BCUT2D eigenvalue weighted by atomic mass is 9.97. The molecule has 5 nitrogen and oxygen atoms in total. The number of aliphatic carboxylic acids is 1. The number of carboxylic acid groups (broad SMARTS) is 1. The SMILES string of the molecule is Cc1cccc(CN2CC(C(=O)O)CCC2=O)n1. The number of hydrogen-bond donors (Lipinski definition) is 1. The van der Waals surface area contributed by atoms with Crippen LogP contribution in [0.4, 0.5) is 0 Å². The predicted octanol–water partition coefficient (Wildman–Crippen LogP) is 1.21. The van der Waals surface area contributed by atoms with Crippen LogP contribution in [-0.2, 0) is 16.1 Å². The van der Waals surface area contributed by atoms with Crippen LogP contribution in [0.2, 0.25) is 0 Å². The van der Waals surface area contributed by atoms with Crippen LogP contribution in [0.25, 0.3) is 0 Å². The molecule has 0 spiro atoms. The van der Waals surface area contributed by atoms with Crippen molar-refractivity contribution < 1.29 is 14.7 Å². The first-order valence-corrected chi connectivity index (χ1v) is 5.99. The number of hydrogen-bond acceptors (Lipinski definition) is 3. The Labute approximate surface area is 105 Å². The zero-order valence-electron chi connectivity index (χ0n) is 10.3. The Morgan fingerprint density at radius 2 is 2.33 bits per heavy atom. The second-order valence-electron chi connectivity index (χ2n) is 4.62. The first-order valence-electron chi connectivity index (χ1n) is 5.99. The van der Waals surface area contributed by atoms with E-state index in [4.69, 9.17) is 5.11 Å². The second-order valence-corrected chi connectivity index (χ2v) is 4.62. The van der Waals surface area contributed by atoms with Gasteiger partial charge in [-0.05, 0) is 25.5 Å². The summed E-state index contributed by atoms with van der Waals surface area (Å²) in [6.45, 7) is 2.57. The highest BCUT2D eigenvalue weighted by molar-refractivity contribution is 5.80. The molecule has 1 fully saturated rings. The van der Waals surface area contributed by atoms with Gasteiger partial charge in [0.15, 0.2) is 0 Å². The molecule has 0 radical (unpaired) electrons. The van der Waals surface area contributed by atoms with E-state index in [-0.39, 0.29) is 12.5 Å². The van der Waals surface area contributed by atoms with Gasteiger partial charge in [-0.2, -0.15) is 0 Å². The summed E-state index contributed by atoms with van der Waals surface area (Å²) in [4.78, 5) is 28.6. The van der Waals surface area contributed by atoms with Gasteiger partial charge < -0.3 is 10.0 Å². The Morgan fingerprint density at radius 3 is 3.00 bits per heavy atom. The summed E-state index contributed by atoms with van der Waals surface area (Å²) >= 11 is 0. The number of aromatic nitrogens is 1. The van der Waals surface area contributed by atoms with Crippen molar-refractivity contribution >= 4 is 11.9 Å². The number of rotatable bonds is 3. The molecule has 1 amide bonds. The molecule has 0 aromatic carbocycles. The van der Waals surface area contributed by atoms with E-state index in [2.05, 4.69) is 4.98 Å². The van der Waals surface area contributed by atoms with Crippen molar-refractivity contribution in [1.82, 2.24) is 9.88 Å². The third-order valence-electron chi connectivity index (χ3n) is 3.15. The molecular formula is C13H16N2O3. The summed E-state index contributed by atoms with van der Waals surface area (Å²) in [5.74, 6) is -1.27. The van der Waals surface area contributed by atoms with Crippen molar-refractivity contribution in [2.24, 2.45) is 5.92 Å². The topological polar surface area (TPSA) is 70.5 Å². The molecule has 18 heavy (non-hydrogen) atoms. The number of carboxylic acids is 1. The molecule has 1 N–H and O–H groups in total. The van der Waals surface area contributed by atoms with E-state index in [1.807, 2.05) is 25.1 Å². The monoisotopic (exact) mass is 248 g/mol. The Balaban J connectivity index is 2.07. The van der Waals surface area contributed by atoms with Gasteiger partial charge in [-0.1, -0.05) is 6.07 Å². The van der Waals surface area contributed by atoms with Gasteiger partial charge in [0.2, 0.25) is 5.91 Å². The van der Waals surface area contributed by atoms with E-state index in [1.54, 1.807) is 4.90 Å². The first kappa shape index (κ1) is 12.5. The maximum Gasteiger partial charge on any atom is 0.308 e. The van der Waals surface area contributed by atoms with Gasteiger partial charge in [-0.15, -0.1) is 0 Å². The molecule has 1 aliphatic rings. The molecule has 1 saturated heterocycles. The maximum absolute atomic E-state index is 11.8. The maximum atomic E-state index is 11.8. The quantitative estimate of drug-likeness (QED) is 0.873. The normalized spacial score (nSPS) is 19.9. The van der Waals surface area contributed by atoms with Crippen LogP contribution < -0.4 is 0 Å². The number of carbonyl (C=O) groups excluding carboxylic acids is 1. The molecule has 1 aromatic rings. The van der Waals surface area contributed by atoms with E-state index in [1.165, 1.54) is 0 Å². The van der Waals surface area contributed by atoms with Gasteiger partial charge >= 0.3 is 5.97 Å². The predicted molar refractivity (Wildman–Crippen MR) is 64.8 cm³/mol. The lowest BCUT2D eigenvalue weighted by Crippen LogP contribution is -2.42. The number of piperidine rings is 1. The molecule has 2 rings (SSSR count). The van der Waals surface area contributed by atoms with Gasteiger partial charge in [0, 0.05) is 18.7 Å². The average molecular weight is 248 g/mol.